The predicted octanol–water partition coefficient (Wildman–Crippen LogP) is 1.08. The highest BCUT2D eigenvalue weighted by atomic mass is 16.2. The molecule has 7 heteroatoms. The average Bonchev–Trinajstić information content (AvgIpc) is 2.49. The fraction of sp³-hybridized carbons (Fsp3) is 0.647. The van der Waals surface area contributed by atoms with Crippen molar-refractivity contribution < 1.29 is 19.2 Å². The molecule has 0 aliphatic heterocycles. The first kappa shape index (κ1) is 21.8. The van der Waals surface area contributed by atoms with Crippen molar-refractivity contribution >= 4 is 24.1 Å². The molecule has 0 saturated carbocycles. The molecule has 0 radical (unpaired) electrons. The van der Waals surface area contributed by atoms with Gasteiger partial charge >= 0.3 is 0 Å². The van der Waals surface area contributed by atoms with Gasteiger partial charge < -0.3 is 10.6 Å². The van der Waals surface area contributed by atoms with E-state index in [2.05, 4.69) is 0 Å². The van der Waals surface area contributed by atoms with Gasteiger partial charge in [0.25, 0.3) is 5.91 Å². The molecule has 0 spiro atoms. The summed E-state index contributed by atoms with van der Waals surface area (Å²) in [5.41, 5.74) is 5.35. The van der Waals surface area contributed by atoms with Crippen LogP contribution in [-0.4, -0.2) is 53.6 Å². The Morgan fingerprint density at radius 3 is 2.21 bits per heavy atom. The lowest BCUT2D eigenvalue weighted by Crippen LogP contribution is -2.48. The van der Waals surface area contributed by atoms with Crippen molar-refractivity contribution in [1.82, 2.24) is 9.80 Å². The van der Waals surface area contributed by atoms with Crippen molar-refractivity contribution in [3.05, 3.63) is 12.2 Å². The van der Waals surface area contributed by atoms with Gasteiger partial charge in [0.2, 0.25) is 18.2 Å². The average molecular weight is 339 g/mol. The number of nitrogens with zero attached hydrogens (tertiary/aromatic N) is 2. The van der Waals surface area contributed by atoms with Crippen LogP contribution in [0.1, 0.15) is 46.5 Å². The second kappa shape index (κ2) is 11.4. The van der Waals surface area contributed by atoms with Gasteiger partial charge in [-0.15, -0.1) is 0 Å². The summed E-state index contributed by atoms with van der Waals surface area (Å²) in [6.07, 6.45) is 5.69. The molecule has 0 saturated heterocycles. The highest BCUT2D eigenvalue weighted by molar-refractivity contribution is 5.94. The summed E-state index contributed by atoms with van der Waals surface area (Å²) in [6.45, 7) is 5.72. The van der Waals surface area contributed by atoms with Crippen molar-refractivity contribution in [3.8, 4) is 0 Å². The molecule has 2 N–H and O–H groups in total. The zero-order chi connectivity index (χ0) is 18.7. The summed E-state index contributed by atoms with van der Waals surface area (Å²) in [5, 5.41) is 0. The molecule has 24 heavy (non-hydrogen) atoms. The molecule has 0 aliphatic carbocycles. The van der Waals surface area contributed by atoms with Gasteiger partial charge in [-0.05, 0) is 31.8 Å². The Bertz CT molecular complexity index is 474. The molecule has 0 aromatic rings. The number of carbonyl (C=O) groups excluding carboxylic acids is 4. The second-order valence-electron chi connectivity index (χ2n) is 6.04. The first-order valence-corrected chi connectivity index (χ1v) is 8.19. The van der Waals surface area contributed by atoms with Crippen LogP contribution in [-0.2, 0) is 19.2 Å². The van der Waals surface area contributed by atoms with E-state index in [4.69, 9.17) is 5.73 Å². The van der Waals surface area contributed by atoms with Crippen LogP contribution in [0.2, 0.25) is 0 Å². The zero-order valence-electron chi connectivity index (χ0n) is 15.0. The highest BCUT2D eigenvalue weighted by Gasteiger charge is 2.27. The Morgan fingerprint density at radius 1 is 1.12 bits per heavy atom. The quantitative estimate of drug-likeness (QED) is 0.346. The molecule has 0 bridgehead atoms. The third kappa shape index (κ3) is 7.39. The van der Waals surface area contributed by atoms with Gasteiger partial charge in [0.1, 0.15) is 6.04 Å². The first-order valence-electron chi connectivity index (χ1n) is 8.19. The molecule has 1 unspecified atom stereocenters. The molecular formula is C17H29N3O4. The molecule has 7 nitrogen and oxygen atoms in total. The lowest BCUT2D eigenvalue weighted by molar-refractivity contribution is -0.139. The van der Waals surface area contributed by atoms with Crippen molar-refractivity contribution in [2.75, 3.05) is 13.6 Å². The smallest absolute Gasteiger partial charge is 0.252 e. The monoisotopic (exact) mass is 339 g/mol. The van der Waals surface area contributed by atoms with Gasteiger partial charge in [0, 0.05) is 20.0 Å². The number of primary amides is 1. The van der Waals surface area contributed by atoms with Crippen LogP contribution in [0.4, 0.5) is 0 Å². The predicted molar refractivity (Wildman–Crippen MR) is 91.6 cm³/mol. The van der Waals surface area contributed by atoms with Crippen LogP contribution < -0.4 is 5.73 Å². The Morgan fingerprint density at radius 2 is 1.75 bits per heavy atom. The maximum atomic E-state index is 12.1. The Hall–Kier alpha value is -2.18. The van der Waals surface area contributed by atoms with Gasteiger partial charge in [-0.25, -0.2) is 0 Å². The first-order chi connectivity index (χ1) is 11.3. The van der Waals surface area contributed by atoms with Crippen LogP contribution in [0.5, 0.6) is 0 Å². The van der Waals surface area contributed by atoms with E-state index in [1.165, 1.54) is 11.0 Å². The van der Waals surface area contributed by atoms with Crippen LogP contribution >= 0.6 is 0 Å². The molecule has 0 rings (SSSR count). The Balaban J connectivity index is 4.23. The van der Waals surface area contributed by atoms with Crippen molar-refractivity contribution in [3.63, 3.8) is 0 Å². The minimum atomic E-state index is -0.610. The van der Waals surface area contributed by atoms with Crippen molar-refractivity contribution in [2.45, 2.75) is 52.5 Å². The number of allylic oxidation sites excluding steroid dienone is 1. The van der Waals surface area contributed by atoms with Crippen LogP contribution in [0, 0.1) is 5.92 Å². The summed E-state index contributed by atoms with van der Waals surface area (Å²) in [4.78, 5) is 48.5. The van der Waals surface area contributed by atoms with E-state index in [1.54, 1.807) is 20.0 Å². The molecule has 0 aliphatic rings. The zero-order valence-corrected chi connectivity index (χ0v) is 15.0. The van der Waals surface area contributed by atoms with E-state index in [0.717, 1.165) is 4.90 Å². The minimum absolute atomic E-state index is 0.0461. The number of likely N-dealkylation sites (N-methyl/N-ethyl adjacent to an activating group) is 1. The lowest BCUT2D eigenvalue weighted by atomic mass is 10.0. The number of rotatable bonds is 11. The summed E-state index contributed by atoms with van der Waals surface area (Å²) < 4.78 is 0. The molecular weight excluding hydrogens is 310 g/mol. The standard InChI is InChI=1S/C17H29N3O4/c1-5-9-15(23)20(12-21)11-8-6-7-10-14(22)19(4)16(13(2)3)17(18)24/h5,9,12-13,16H,6-8,10-11H2,1-4H3,(H2,18,24)/b9-5-. The van der Waals surface area contributed by atoms with E-state index >= 15 is 0 Å². The Kier molecular flexibility index (Phi) is 10.3. The van der Waals surface area contributed by atoms with Crippen molar-refractivity contribution in [1.29, 1.82) is 0 Å². The lowest BCUT2D eigenvalue weighted by Gasteiger charge is -2.28. The molecule has 1 atom stereocenters. The van der Waals surface area contributed by atoms with Crippen molar-refractivity contribution in [2.24, 2.45) is 11.7 Å². The normalized spacial score (nSPS) is 12.2. The summed E-state index contributed by atoms with van der Waals surface area (Å²) in [6, 6.07) is -0.610. The summed E-state index contributed by atoms with van der Waals surface area (Å²) >= 11 is 0. The molecule has 136 valence electrons. The molecule has 0 aromatic heterocycles. The number of carbonyl (C=O) groups is 4. The summed E-state index contributed by atoms with van der Waals surface area (Å²) in [7, 11) is 1.58. The van der Waals surface area contributed by atoms with Gasteiger partial charge in [-0.2, -0.15) is 0 Å². The summed E-state index contributed by atoms with van der Waals surface area (Å²) in [5.74, 6) is -1.03. The molecule has 4 amide bonds. The van der Waals surface area contributed by atoms with Crippen LogP contribution in [0.15, 0.2) is 12.2 Å². The largest absolute Gasteiger partial charge is 0.368 e. The minimum Gasteiger partial charge on any atom is -0.368 e. The number of hydrogen-bond donors (Lipinski definition) is 1. The number of imide groups is 1. The molecule has 0 aromatic carbocycles. The highest BCUT2D eigenvalue weighted by Crippen LogP contribution is 2.12. The number of amides is 4. The maximum absolute atomic E-state index is 12.1. The third-order valence-electron chi connectivity index (χ3n) is 3.74. The van der Waals surface area contributed by atoms with E-state index < -0.39 is 11.9 Å². The maximum Gasteiger partial charge on any atom is 0.252 e. The van der Waals surface area contributed by atoms with Gasteiger partial charge in [-0.1, -0.05) is 26.3 Å². The molecule has 0 heterocycles. The number of unbranched alkanes of at least 4 members (excludes halogenated alkanes) is 2. The fourth-order valence-corrected chi connectivity index (χ4v) is 2.49. The Labute approximate surface area is 143 Å². The fourth-order valence-electron chi connectivity index (χ4n) is 2.49. The SMILES string of the molecule is C/C=C\C(=O)N(C=O)CCCCCC(=O)N(C)C(C(N)=O)C(C)C. The van der Waals surface area contributed by atoms with Gasteiger partial charge in [0.15, 0.2) is 0 Å². The molecule has 0 fully saturated rings. The second-order valence-corrected chi connectivity index (χ2v) is 6.04. The van der Waals surface area contributed by atoms with E-state index in [1.807, 2.05) is 13.8 Å². The van der Waals surface area contributed by atoms with Crippen LogP contribution in [0.3, 0.4) is 0 Å². The van der Waals surface area contributed by atoms with E-state index in [-0.39, 0.29) is 17.7 Å². The van der Waals surface area contributed by atoms with Gasteiger partial charge in [0.05, 0.1) is 0 Å². The number of nitrogens with two attached hydrogens (primary N) is 1. The van der Waals surface area contributed by atoms with Crippen LogP contribution in [0.25, 0.3) is 0 Å². The van der Waals surface area contributed by atoms with Gasteiger partial charge in [-0.3, -0.25) is 24.1 Å². The van der Waals surface area contributed by atoms with E-state index in [9.17, 15) is 19.2 Å². The third-order valence-corrected chi connectivity index (χ3v) is 3.74. The number of hydrogen-bond acceptors (Lipinski definition) is 4. The topological polar surface area (TPSA) is 101 Å². The van der Waals surface area contributed by atoms with E-state index in [0.29, 0.717) is 38.6 Å².